The zero-order valence-corrected chi connectivity index (χ0v) is 8.44. The van der Waals surface area contributed by atoms with E-state index in [2.05, 4.69) is 0 Å². The maximum atomic E-state index is 11.8. The second kappa shape index (κ2) is 2.61. The first kappa shape index (κ1) is 8.82. The molecule has 2 nitrogen and oxygen atoms in total. The molecule has 0 fully saturated rings. The smallest absolute Gasteiger partial charge is 0.194 e. The topological polar surface area (TPSA) is 30.2 Å². The number of carbonyl (C=O) groups is 1. The van der Waals surface area contributed by atoms with Crippen LogP contribution in [0, 0.1) is 5.41 Å². The van der Waals surface area contributed by atoms with Crippen LogP contribution in [-0.4, -0.2) is 5.78 Å². The van der Waals surface area contributed by atoms with Gasteiger partial charge in [-0.15, -0.1) is 0 Å². The zero-order chi connectivity index (χ0) is 9.64. The van der Waals surface area contributed by atoms with Gasteiger partial charge in [-0.25, -0.2) is 0 Å². The van der Waals surface area contributed by atoms with Gasteiger partial charge in [0.15, 0.2) is 11.0 Å². The van der Waals surface area contributed by atoms with Gasteiger partial charge >= 0.3 is 0 Å². The van der Waals surface area contributed by atoms with E-state index in [-0.39, 0.29) is 11.2 Å². The van der Waals surface area contributed by atoms with E-state index in [4.69, 9.17) is 16.0 Å². The summed E-state index contributed by atoms with van der Waals surface area (Å²) in [5.74, 6) is 0.888. The van der Waals surface area contributed by atoms with Crippen molar-refractivity contribution in [3.05, 3.63) is 22.6 Å². The molecule has 70 valence electrons. The van der Waals surface area contributed by atoms with Crippen LogP contribution >= 0.6 is 11.6 Å². The second-order valence-electron chi connectivity index (χ2n) is 4.10. The average Bonchev–Trinajstić information content (AvgIpc) is 2.40. The third kappa shape index (κ3) is 1.29. The number of furan rings is 1. The van der Waals surface area contributed by atoms with Crippen molar-refractivity contribution in [2.75, 3.05) is 0 Å². The molecule has 0 aliphatic heterocycles. The fourth-order valence-corrected chi connectivity index (χ4v) is 1.88. The van der Waals surface area contributed by atoms with Gasteiger partial charge in [-0.1, -0.05) is 13.8 Å². The van der Waals surface area contributed by atoms with Crippen molar-refractivity contribution in [1.29, 1.82) is 0 Å². The molecule has 1 heterocycles. The number of carbonyl (C=O) groups excluding carboxylic acids is 1. The maximum Gasteiger partial charge on any atom is 0.194 e. The molecule has 0 radical (unpaired) electrons. The molecule has 0 amide bonds. The van der Waals surface area contributed by atoms with Gasteiger partial charge in [0, 0.05) is 17.9 Å². The number of aryl methyl sites for hydroxylation is 1. The third-order valence-corrected chi connectivity index (χ3v) is 2.80. The van der Waals surface area contributed by atoms with Gasteiger partial charge in [0.05, 0.1) is 5.56 Å². The predicted molar refractivity (Wildman–Crippen MR) is 50.2 cm³/mol. The van der Waals surface area contributed by atoms with Gasteiger partial charge in [0.25, 0.3) is 0 Å². The first-order valence-electron chi connectivity index (χ1n) is 4.34. The minimum atomic E-state index is -0.264. The number of hydrogen-bond donors (Lipinski definition) is 0. The Balaban J connectivity index is 2.51. The van der Waals surface area contributed by atoms with Crippen molar-refractivity contribution in [3.63, 3.8) is 0 Å². The minimum absolute atomic E-state index is 0.143. The van der Waals surface area contributed by atoms with Crippen molar-refractivity contribution < 1.29 is 9.21 Å². The normalized spacial score (nSPS) is 20.1. The lowest BCUT2D eigenvalue weighted by molar-refractivity contribution is 0.0805. The van der Waals surface area contributed by atoms with Gasteiger partial charge in [0.1, 0.15) is 5.76 Å². The molecule has 0 saturated carbocycles. The summed E-state index contributed by atoms with van der Waals surface area (Å²) < 4.78 is 5.21. The number of Topliss-reactive ketones (excluding diaryl/α,β-unsaturated/α-hetero) is 1. The van der Waals surface area contributed by atoms with Gasteiger partial charge in [0.2, 0.25) is 0 Å². The highest BCUT2D eigenvalue weighted by Gasteiger charge is 2.36. The molecule has 2 rings (SSSR count). The van der Waals surface area contributed by atoms with E-state index >= 15 is 0 Å². The van der Waals surface area contributed by atoms with E-state index in [9.17, 15) is 4.79 Å². The van der Waals surface area contributed by atoms with Crippen LogP contribution in [-0.2, 0) is 6.42 Å². The summed E-state index contributed by atoms with van der Waals surface area (Å²) in [6.07, 6.45) is 1.64. The molecule has 0 N–H and O–H groups in total. The van der Waals surface area contributed by atoms with Crippen LogP contribution in [0.15, 0.2) is 10.5 Å². The summed E-state index contributed by atoms with van der Waals surface area (Å²) in [6.45, 7) is 3.92. The van der Waals surface area contributed by atoms with E-state index in [0.29, 0.717) is 10.8 Å². The molecule has 0 bridgehead atoms. The molecule has 0 saturated heterocycles. The summed E-state index contributed by atoms with van der Waals surface area (Å²) >= 11 is 5.69. The molecule has 13 heavy (non-hydrogen) atoms. The number of fused-ring (bicyclic) bond motifs is 1. The molecule has 0 spiro atoms. The molecule has 1 aromatic rings. The lowest BCUT2D eigenvalue weighted by Gasteiger charge is -2.26. The van der Waals surface area contributed by atoms with E-state index in [1.165, 1.54) is 0 Å². The van der Waals surface area contributed by atoms with Crippen LogP contribution in [0.3, 0.4) is 0 Å². The number of ketones is 1. The summed E-state index contributed by atoms with van der Waals surface area (Å²) in [4.78, 5) is 11.8. The minimum Gasteiger partial charge on any atom is -0.449 e. The van der Waals surface area contributed by atoms with Crippen molar-refractivity contribution >= 4 is 17.4 Å². The molecular weight excluding hydrogens is 188 g/mol. The maximum absolute atomic E-state index is 11.8. The monoisotopic (exact) mass is 198 g/mol. The molecule has 1 aliphatic rings. The largest absolute Gasteiger partial charge is 0.449 e. The predicted octanol–water partition coefficient (Wildman–Crippen LogP) is 3.09. The van der Waals surface area contributed by atoms with Crippen LogP contribution in [0.5, 0.6) is 0 Å². The lowest BCUT2D eigenvalue weighted by Crippen LogP contribution is -2.29. The fourth-order valence-electron chi connectivity index (χ4n) is 1.68. The molecule has 1 aliphatic carbocycles. The summed E-state index contributed by atoms with van der Waals surface area (Å²) in [5, 5.41) is 0.316. The lowest BCUT2D eigenvalue weighted by atomic mass is 9.76. The van der Waals surface area contributed by atoms with Crippen molar-refractivity contribution in [2.45, 2.75) is 26.7 Å². The van der Waals surface area contributed by atoms with Gasteiger partial charge in [-0.3, -0.25) is 4.79 Å². The Labute approximate surface area is 81.9 Å². The molecule has 3 heteroatoms. The Hall–Kier alpha value is -0.760. The van der Waals surface area contributed by atoms with Crippen LogP contribution in [0.4, 0.5) is 0 Å². The number of rotatable bonds is 0. The number of halogens is 1. The van der Waals surface area contributed by atoms with Crippen molar-refractivity contribution in [2.24, 2.45) is 5.41 Å². The van der Waals surface area contributed by atoms with E-state index in [1.54, 1.807) is 6.07 Å². The van der Waals surface area contributed by atoms with Crippen molar-refractivity contribution in [1.82, 2.24) is 0 Å². The van der Waals surface area contributed by atoms with Crippen LogP contribution in [0.1, 0.15) is 36.4 Å². The number of hydrogen-bond acceptors (Lipinski definition) is 2. The highest BCUT2D eigenvalue weighted by molar-refractivity contribution is 6.29. The fraction of sp³-hybridized carbons (Fsp3) is 0.500. The summed E-state index contributed by atoms with van der Waals surface area (Å²) in [6, 6.07) is 1.63. The first-order chi connectivity index (χ1) is 6.00. The Kier molecular flexibility index (Phi) is 1.77. The van der Waals surface area contributed by atoms with E-state index < -0.39 is 0 Å². The molecule has 0 atom stereocenters. The van der Waals surface area contributed by atoms with Crippen LogP contribution in [0.25, 0.3) is 0 Å². The summed E-state index contributed by atoms with van der Waals surface area (Å²) in [5.41, 5.74) is 0.404. The van der Waals surface area contributed by atoms with Gasteiger partial charge in [-0.2, -0.15) is 0 Å². The second-order valence-corrected chi connectivity index (χ2v) is 4.47. The van der Waals surface area contributed by atoms with Crippen molar-refractivity contribution in [3.8, 4) is 0 Å². The Morgan fingerprint density at radius 2 is 2.23 bits per heavy atom. The SMILES string of the molecule is CC1(C)CCc2oc(Cl)cc2C1=O. The summed E-state index contributed by atoms with van der Waals surface area (Å²) in [7, 11) is 0. The third-order valence-electron chi connectivity index (χ3n) is 2.62. The average molecular weight is 199 g/mol. The highest BCUT2D eigenvalue weighted by Crippen LogP contribution is 2.36. The highest BCUT2D eigenvalue weighted by atomic mass is 35.5. The first-order valence-corrected chi connectivity index (χ1v) is 4.71. The molecule has 1 aromatic heterocycles. The molecule has 0 unspecified atom stereocenters. The van der Waals surface area contributed by atoms with Gasteiger partial charge in [-0.05, 0) is 18.0 Å². The van der Waals surface area contributed by atoms with E-state index in [1.807, 2.05) is 13.8 Å². The Morgan fingerprint density at radius 1 is 1.54 bits per heavy atom. The standard InChI is InChI=1S/C10H11ClO2/c1-10(2)4-3-7-6(9(10)12)5-8(11)13-7/h5H,3-4H2,1-2H3. The van der Waals surface area contributed by atoms with Crippen LogP contribution in [0.2, 0.25) is 5.22 Å². The molecular formula is C10H11ClO2. The Morgan fingerprint density at radius 3 is 2.92 bits per heavy atom. The van der Waals surface area contributed by atoms with E-state index in [0.717, 1.165) is 18.6 Å². The van der Waals surface area contributed by atoms with Crippen LogP contribution < -0.4 is 0 Å². The Bertz CT molecular complexity index is 363. The molecule has 0 aromatic carbocycles. The zero-order valence-electron chi connectivity index (χ0n) is 7.69. The van der Waals surface area contributed by atoms with Gasteiger partial charge < -0.3 is 4.42 Å². The quantitative estimate of drug-likeness (QED) is 0.641.